The number of thiol groups is 1. The van der Waals surface area contributed by atoms with Gasteiger partial charge in [-0.3, -0.25) is 38.6 Å². The smallest absolute Gasteiger partial charge is 0.326 e. The molecule has 7 amide bonds. The first-order chi connectivity index (χ1) is 28.7. The molecule has 0 fully saturated rings. The number of carboxylic acids is 1. The van der Waals surface area contributed by atoms with Crippen LogP contribution >= 0.6 is 36.2 Å². The number of nitrogens with two attached hydrogens (primary N) is 3. The van der Waals surface area contributed by atoms with Crippen LogP contribution in [0.3, 0.4) is 0 Å². The molecule has 21 nitrogen and oxygen atoms in total. The monoisotopic (exact) mass is 923 g/mol. The third kappa shape index (κ3) is 22.1. The molecule has 0 unspecified atom stereocenters. The molecule has 0 aromatic carbocycles. The van der Waals surface area contributed by atoms with Gasteiger partial charge in [-0.1, -0.05) is 40.5 Å². The van der Waals surface area contributed by atoms with Crippen LogP contribution in [0, 0.1) is 11.8 Å². The maximum Gasteiger partial charge on any atom is 0.326 e. The van der Waals surface area contributed by atoms with Crippen molar-refractivity contribution in [3.63, 3.8) is 0 Å². The summed E-state index contributed by atoms with van der Waals surface area (Å²) in [6.45, 7) is 7.73. The molecule has 0 heterocycles. The van der Waals surface area contributed by atoms with Gasteiger partial charge >= 0.3 is 5.97 Å². The van der Waals surface area contributed by atoms with Crippen molar-refractivity contribution in [2.24, 2.45) is 34.0 Å². The summed E-state index contributed by atoms with van der Waals surface area (Å²) in [7, 11) is 0. The highest BCUT2D eigenvalue weighted by atomic mass is 32.2. The minimum Gasteiger partial charge on any atom is -0.480 e. The Morgan fingerprint density at radius 1 is 0.656 bits per heavy atom. The molecule has 0 saturated heterocycles. The molecule has 10 atom stereocenters. The van der Waals surface area contributed by atoms with Crippen molar-refractivity contribution in [3.05, 3.63) is 0 Å². The van der Waals surface area contributed by atoms with Crippen LogP contribution in [0.1, 0.15) is 73.1 Å². The summed E-state index contributed by atoms with van der Waals surface area (Å²) in [5.41, 5.74) is 16.8. The number of hydrogen-bond donors (Lipinski definition) is 13. The Hall–Kier alpha value is -4.00. The first-order valence-electron chi connectivity index (χ1n) is 20.1. The molecule has 0 aromatic rings. The number of carboxylic acid groups (broad SMARTS) is 1. The van der Waals surface area contributed by atoms with E-state index in [9.17, 15) is 48.6 Å². The van der Waals surface area contributed by atoms with Crippen molar-refractivity contribution < 1.29 is 48.6 Å². The lowest BCUT2D eigenvalue weighted by Gasteiger charge is -2.28. The number of aliphatic carboxylic acids is 1. The zero-order valence-electron chi connectivity index (χ0n) is 36.2. The molecule has 0 aromatic heterocycles. The first kappa shape index (κ1) is 57.0. The van der Waals surface area contributed by atoms with Gasteiger partial charge in [-0.25, -0.2) is 4.79 Å². The standard InChI is InChI=1S/C37H69N11O10S3/c1-8-19(3)27(34(55)42-17-26(50)46-28(36(57)58)20(4)9-2)47-33(54)25(18-59)45-31(52)23(11-10-14-41-37(39)40)43-32(53)24(13-16-61-7)44-35(56)29(21(5)49)48-30(51)22(38)12-15-60-6/h19-25,27-29,49,59H,8-18,38H2,1-7H3,(H,42,55)(H,43,53)(H,44,56)(H,45,52)(H,46,50)(H,47,54)(H,48,51)(H,57,58)(H4,39,40,41)/t19-,20-,21+,22-,23-,24-,25-,27-,28-,29-/m0/s1. The summed E-state index contributed by atoms with van der Waals surface area (Å²) in [4.78, 5) is 109. The van der Waals surface area contributed by atoms with E-state index in [4.69, 9.17) is 17.2 Å². The maximum absolute atomic E-state index is 13.8. The number of rotatable bonds is 31. The third-order valence-corrected chi connectivity index (χ3v) is 11.3. The summed E-state index contributed by atoms with van der Waals surface area (Å²) >= 11 is 7.11. The molecule has 0 aliphatic heterocycles. The molecule has 0 radical (unpaired) electrons. The average molecular weight is 924 g/mol. The van der Waals surface area contributed by atoms with Crippen molar-refractivity contribution in [2.45, 2.75) is 122 Å². The zero-order chi connectivity index (χ0) is 46.8. The van der Waals surface area contributed by atoms with E-state index < -0.39 is 108 Å². The molecule has 0 saturated carbocycles. The van der Waals surface area contributed by atoms with Crippen molar-refractivity contribution in [1.82, 2.24) is 37.2 Å². The van der Waals surface area contributed by atoms with E-state index in [1.807, 2.05) is 6.26 Å². The van der Waals surface area contributed by atoms with Gasteiger partial charge in [-0.2, -0.15) is 36.2 Å². The highest BCUT2D eigenvalue weighted by Gasteiger charge is 2.35. The number of nitrogens with zero attached hydrogens (tertiary/aromatic N) is 1. The summed E-state index contributed by atoms with van der Waals surface area (Å²) in [5, 5.41) is 37.5. The van der Waals surface area contributed by atoms with Gasteiger partial charge in [0, 0.05) is 12.3 Å². The zero-order valence-corrected chi connectivity index (χ0v) is 38.7. The predicted molar refractivity (Wildman–Crippen MR) is 241 cm³/mol. The van der Waals surface area contributed by atoms with Gasteiger partial charge in [-0.15, -0.1) is 0 Å². The van der Waals surface area contributed by atoms with Crippen LogP contribution in [0.25, 0.3) is 0 Å². The van der Waals surface area contributed by atoms with Gasteiger partial charge in [-0.05, 0) is 68.5 Å². The number of hydrogen-bond acceptors (Lipinski definition) is 14. The van der Waals surface area contributed by atoms with Gasteiger partial charge < -0.3 is 64.6 Å². The molecular weight excluding hydrogens is 855 g/mol. The summed E-state index contributed by atoms with van der Waals surface area (Å²) in [5.74, 6) is -6.88. The van der Waals surface area contributed by atoms with E-state index in [2.05, 4.69) is 54.8 Å². The first-order valence-corrected chi connectivity index (χ1v) is 23.5. The fourth-order valence-electron chi connectivity index (χ4n) is 5.46. The predicted octanol–water partition coefficient (Wildman–Crippen LogP) is -2.61. The van der Waals surface area contributed by atoms with Crippen molar-refractivity contribution in [2.75, 3.05) is 42.9 Å². The molecule has 0 spiro atoms. The maximum atomic E-state index is 13.8. The summed E-state index contributed by atoms with van der Waals surface area (Å²) in [6.07, 6.45) is 3.76. The minimum absolute atomic E-state index is 0.0293. The molecule has 15 N–H and O–H groups in total. The van der Waals surface area contributed by atoms with Crippen LogP contribution in [-0.4, -0.2) is 155 Å². The highest BCUT2D eigenvalue weighted by molar-refractivity contribution is 7.98. The number of carbonyl (C=O) groups excluding carboxylic acids is 7. The Bertz CT molecular complexity index is 1480. The number of thioether (sulfide) groups is 2. The summed E-state index contributed by atoms with van der Waals surface area (Å²) < 4.78 is 0. The number of guanidine groups is 1. The Kier molecular flexibility index (Phi) is 28.9. The lowest BCUT2D eigenvalue weighted by atomic mass is 9.97. The largest absolute Gasteiger partial charge is 0.480 e. The number of aliphatic hydroxyl groups excluding tert-OH is 1. The average Bonchev–Trinajstić information content (AvgIpc) is 3.21. The second kappa shape index (κ2) is 30.9. The van der Waals surface area contributed by atoms with Crippen LogP contribution in [0.5, 0.6) is 0 Å². The molecule has 24 heteroatoms. The Morgan fingerprint density at radius 3 is 1.66 bits per heavy atom. The number of nitrogens with one attached hydrogen (secondary N) is 7. The third-order valence-electron chi connectivity index (χ3n) is 9.68. The van der Waals surface area contributed by atoms with Gasteiger partial charge in [0.15, 0.2) is 5.96 Å². The van der Waals surface area contributed by atoms with Gasteiger partial charge in [0.2, 0.25) is 41.4 Å². The number of aliphatic imine (C=N–C) groups is 1. The molecule has 0 bridgehead atoms. The van der Waals surface area contributed by atoms with E-state index in [1.54, 1.807) is 34.0 Å². The molecular formula is C37H69N11O10S3. The Balaban J connectivity index is 6.20. The molecule has 0 rings (SSSR count). The second-order valence-corrected chi connectivity index (χ2v) is 16.9. The van der Waals surface area contributed by atoms with Crippen LogP contribution in [0.2, 0.25) is 0 Å². The quantitative estimate of drug-likeness (QED) is 0.0147. The Labute approximate surface area is 372 Å². The number of aliphatic hydroxyl groups is 1. The normalized spacial score (nSPS) is 16.0. The molecule has 0 aliphatic rings. The van der Waals surface area contributed by atoms with Gasteiger partial charge in [0.1, 0.15) is 36.3 Å². The van der Waals surface area contributed by atoms with Crippen LogP contribution in [-0.2, 0) is 38.4 Å². The van der Waals surface area contributed by atoms with Crippen LogP contribution in [0.15, 0.2) is 4.99 Å². The fourth-order valence-corrected chi connectivity index (χ4v) is 6.68. The van der Waals surface area contributed by atoms with E-state index in [0.29, 0.717) is 30.8 Å². The minimum atomic E-state index is -1.46. The fraction of sp³-hybridized carbons (Fsp3) is 0.757. The van der Waals surface area contributed by atoms with Gasteiger partial charge in [0.25, 0.3) is 0 Å². The topological polar surface area (TPSA) is 352 Å². The summed E-state index contributed by atoms with van der Waals surface area (Å²) in [6, 6.07) is -8.60. The lowest BCUT2D eigenvalue weighted by molar-refractivity contribution is -0.143. The van der Waals surface area contributed by atoms with E-state index in [-0.39, 0.29) is 43.4 Å². The molecule has 61 heavy (non-hydrogen) atoms. The Morgan fingerprint density at radius 2 is 1.15 bits per heavy atom. The molecule has 350 valence electrons. The van der Waals surface area contributed by atoms with Crippen LogP contribution in [0.4, 0.5) is 0 Å². The van der Waals surface area contributed by atoms with Crippen molar-refractivity contribution in [1.29, 1.82) is 0 Å². The van der Waals surface area contributed by atoms with E-state index in [1.165, 1.54) is 30.4 Å². The van der Waals surface area contributed by atoms with E-state index in [0.717, 1.165) is 0 Å². The lowest BCUT2D eigenvalue weighted by Crippen LogP contribution is -2.61. The SMILES string of the molecule is CC[C@H](C)[C@H](NC(=O)CNC(=O)[C@@H](NC(=O)[C@H](CS)NC(=O)[C@H](CCCN=C(N)N)NC(=O)[C@H](CCSC)NC(=O)[C@@H](NC(=O)[C@@H](N)CCSC)[C@@H](C)O)[C@@H](C)CC)C(=O)O. The number of amides is 7. The van der Waals surface area contributed by atoms with E-state index >= 15 is 0 Å². The highest BCUT2D eigenvalue weighted by Crippen LogP contribution is 2.11. The molecule has 0 aliphatic carbocycles. The number of carbonyl (C=O) groups is 8. The van der Waals surface area contributed by atoms with Crippen LogP contribution < -0.4 is 54.4 Å². The second-order valence-electron chi connectivity index (χ2n) is 14.6. The van der Waals surface area contributed by atoms with Crippen molar-refractivity contribution in [3.8, 4) is 0 Å². The van der Waals surface area contributed by atoms with Crippen molar-refractivity contribution >= 4 is 89.4 Å². The van der Waals surface area contributed by atoms with Gasteiger partial charge in [0.05, 0.1) is 18.7 Å².